The fraction of sp³-hybridized carbons (Fsp3) is 0.769. The Morgan fingerprint density at radius 1 is 1.24 bits per heavy atom. The van der Waals surface area contributed by atoms with Crippen LogP contribution in [0, 0.1) is 0 Å². The van der Waals surface area contributed by atoms with Gasteiger partial charge in [0.1, 0.15) is 42.4 Å². The first-order chi connectivity index (χ1) is 22.9. The third-order valence-electron chi connectivity index (χ3n) is 7.88. The number of nitrogens with one attached hydrogen (secondary N) is 2. The second-order valence-corrected chi connectivity index (χ2v) is 13.3. The van der Waals surface area contributed by atoms with Crippen LogP contribution in [0.3, 0.4) is 0 Å². The summed E-state index contributed by atoms with van der Waals surface area (Å²) in [6.45, 7) is -0.940. The number of unbranched alkanes of at least 4 members (excludes halogenated alkanes) is 1. The maximum absolute atomic E-state index is 13.0. The Labute approximate surface area is 279 Å². The van der Waals surface area contributed by atoms with Crippen LogP contribution in [0.4, 0.5) is 5.82 Å². The number of amides is 2. The van der Waals surface area contributed by atoms with Crippen molar-refractivity contribution in [1.82, 2.24) is 20.2 Å². The summed E-state index contributed by atoms with van der Waals surface area (Å²) in [5.41, 5.74) is 15.8. The van der Waals surface area contributed by atoms with Crippen molar-refractivity contribution in [2.24, 2.45) is 11.5 Å². The van der Waals surface area contributed by atoms with Crippen LogP contribution in [0.1, 0.15) is 38.8 Å². The predicted octanol–water partition coefficient (Wildman–Crippen LogP) is -5.78. The number of hydrogen-bond donors (Lipinski definition) is 12. The standard InChI is InChI=1S/C26H46N7O15P/c1-26(48-49(43,44)45-11-15-20(39)21(40)24(46-15)33-7-5-16(29)31-25(33)42)8-13(35)18(22(47-26)19(38)14(36)10-34)32-17(37)9-30-23(41)12(28)4-2-3-6-27/h5,7,12-15,18-22,24,34-36,38-40H,2-4,6,8-11,27-28H2,1H3,(H,30,41)(H,32,37)(H,43,44)(H2,29,31,42)/t12?,13?,14-,15?,18-,19-,20-,21-,22?,24?,26+/m1/s1. The Bertz CT molecular complexity index is 1380. The molecule has 1 aromatic heterocycles. The van der Waals surface area contributed by atoms with Crippen molar-refractivity contribution >= 4 is 25.5 Å². The number of hydrogen-bond acceptors (Lipinski definition) is 18. The first-order valence-corrected chi connectivity index (χ1v) is 16.8. The summed E-state index contributed by atoms with van der Waals surface area (Å²) in [7, 11) is -5.19. The van der Waals surface area contributed by atoms with Gasteiger partial charge in [0, 0.05) is 12.6 Å². The lowest BCUT2D eigenvalue weighted by atomic mass is 9.89. The Kier molecular flexibility index (Phi) is 14.6. The summed E-state index contributed by atoms with van der Waals surface area (Å²) >= 11 is 0. The molecule has 2 aliphatic heterocycles. The number of aliphatic hydroxyl groups excluding tert-OH is 6. The van der Waals surface area contributed by atoms with Gasteiger partial charge in [-0.3, -0.25) is 23.2 Å². The van der Waals surface area contributed by atoms with Crippen LogP contribution in [0.15, 0.2) is 17.1 Å². The Hall–Kier alpha value is -2.67. The van der Waals surface area contributed by atoms with Crippen molar-refractivity contribution in [1.29, 1.82) is 0 Å². The molecule has 2 saturated heterocycles. The molecule has 280 valence electrons. The molecule has 0 saturated carbocycles. The smallest absolute Gasteiger partial charge is 0.394 e. The third-order valence-corrected chi connectivity index (χ3v) is 8.97. The SMILES string of the molecule is C[C@]1(OP(=O)(O)OCC2OC(n3ccc(N)nc3=O)[C@H](O)[C@@H]2O)CC(O)[C@@H](NC(=O)CNC(=O)C(N)CCCCN)C([C@H](O)[C@H](O)CO)O1. The van der Waals surface area contributed by atoms with Gasteiger partial charge in [-0.25, -0.2) is 9.36 Å². The van der Waals surface area contributed by atoms with Gasteiger partial charge < -0.3 is 72.8 Å². The molecule has 49 heavy (non-hydrogen) atoms. The first-order valence-electron chi connectivity index (χ1n) is 15.3. The lowest BCUT2D eigenvalue weighted by Crippen LogP contribution is -2.66. The van der Waals surface area contributed by atoms with Gasteiger partial charge in [-0.05, 0) is 32.4 Å². The number of carbonyl (C=O) groups excluding carboxylic acids is 2. The molecular formula is C26H46N7O15P. The fourth-order valence-electron chi connectivity index (χ4n) is 5.31. The molecular weight excluding hydrogens is 681 g/mol. The highest BCUT2D eigenvalue weighted by atomic mass is 31.2. The van der Waals surface area contributed by atoms with Crippen molar-refractivity contribution in [2.75, 3.05) is 32.0 Å². The van der Waals surface area contributed by atoms with E-state index < -0.39 is 118 Å². The molecule has 0 aromatic carbocycles. The number of phosphoric ester groups is 1. The van der Waals surface area contributed by atoms with Crippen molar-refractivity contribution in [2.45, 2.75) is 99.4 Å². The van der Waals surface area contributed by atoms with E-state index in [2.05, 4.69) is 15.6 Å². The fourth-order valence-corrected chi connectivity index (χ4v) is 6.30. The lowest BCUT2D eigenvalue weighted by Gasteiger charge is -2.47. The third kappa shape index (κ3) is 10.9. The zero-order valence-corrected chi connectivity index (χ0v) is 27.4. The van der Waals surface area contributed by atoms with Crippen molar-refractivity contribution in [3.05, 3.63) is 22.7 Å². The zero-order valence-electron chi connectivity index (χ0n) is 26.6. The summed E-state index contributed by atoms with van der Waals surface area (Å²) in [6.07, 6.45) is -11.5. The Morgan fingerprint density at radius 2 is 1.94 bits per heavy atom. The van der Waals surface area contributed by atoms with Crippen LogP contribution in [-0.4, -0.2) is 144 Å². The Morgan fingerprint density at radius 3 is 2.57 bits per heavy atom. The van der Waals surface area contributed by atoms with E-state index in [1.165, 1.54) is 6.07 Å². The number of nitrogens with zero attached hydrogens (tertiary/aromatic N) is 2. The van der Waals surface area contributed by atoms with Crippen molar-refractivity contribution in [3.63, 3.8) is 0 Å². The van der Waals surface area contributed by atoms with Gasteiger partial charge in [-0.2, -0.15) is 4.98 Å². The minimum absolute atomic E-state index is 0.107. The first kappa shape index (κ1) is 40.8. The highest BCUT2D eigenvalue weighted by Crippen LogP contribution is 2.51. The molecule has 0 radical (unpaired) electrons. The van der Waals surface area contributed by atoms with Gasteiger partial charge in [0.05, 0.1) is 37.9 Å². The van der Waals surface area contributed by atoms with E-state index in [0.29, 0.717) is 25.8 Å². The van der Waals surface area contributed by atoms with E-state index >= 15 is 0 Å². The normalized spacial score (nSPS) is 31.8. The number of aliphatic hydroxyl groups is 6. The van der Waals surface area contributed by atoms with Gasteiger partial charge in [0.25, 0.3) is 0 Å². The zero-order chi connectivity index (χ0) is 36.7. The van der Waals surface area contributed by atoms with Gasteiger partial charge in [-0.1, -0.05) is 6.42 Å². The summed E-state index contributed by atoms with van der Waals surface area (Å²) < 4.78 is 35.1. The largest absolute Gasteiger partial charge is 0.474 e. The molecule has 3 rings (SSSR count). The number of ether oxygens (including phenoxy) is 2. The molecule has 6 unspecified atom stereocenters. The van der Waals surface area contributed by atoms with E-state index in [0.717, 1.165) is 17.7 Å². The molecule has 15 N–H and O–H groups in total. The predicted molar refractivity (Wildman–Crippen MR) is 165 cm³/mol. The summed E-state index contributed by atoms with van der Waals surface area (Å²) in [6, 6.07) is -1.17. The summed E-state index contributed by atoms with van der Waals surface area (Å²) in [5.74, 6) is -3.84. The maximum atomic E-state index is 13.0. The molecule has 22 nitrogen and oxygen atoms in total. The topological polar surface area (TPSA) is 367 Å². The average molecular weight is 728 g/mol. The van der Waals surface area contributed by atoms with Crippen LogP contribution < -0.4 is 33.5 Å². The second kappa shape index (κ2) is 17.5. The van der Waals surface area contributed by atoms with E-state index in [4.69, 9.17) is 35.7 Å². The highest BCUT2D eigenvalue weighted by molar-refractivity contribution is 7.47. The number of anilines is 1. The molecule has 3 heterocycles. The molecule has 23 heteroatoms. The molecule has 0 bridgehead atoms. The van der Waals surface area contributed by atoms with Gasteiger partial charge >= 0.3 is 13.5 Å². The molecule has 2 amide bonds. The minimum Gasteiger partial charge on any atom is -0.394 e. The van der Waals surface area contributed by atoms with E-state index in [1.807, 2.05) is 0 Å². The highest BCUT2D eigenvalue weighted by Gasteiger charge is 2.52. The second-order valence-electron chi connectivity index (χ2n) is 11.9. The van der Waals surface area contributed by atoms with E-state index in [9.17, 15) is 54.5 Å². The van der Waals surface area contributed by atoms with Crippen LogP contribution in [0.5, 0.6) is 0 Å². The molecule has 0 aliphatic carbocycles. The molecule has 12 atom stereocenters. The Balaban J connectivity index is 1.65. The van der Waals surface area contributed by atoms with E-state index in [-0.39, 0.29) is 5.82 Å². The minimum atomic E-state index is -5.19. The van der Waals surface area contributed by atoms with E-state index in [1.54, 1.807) is 0 Å². The monoisotopic (exact) mass is 727 g/mol. The average Bonchev–Trinajstić information content (AvgIpc) is 3.31. The van der Waals surface area contributed by atoms with Crippen molar-refractivity contribution in [3.8, 4) is 0 Å². The number of phosphoric acid groups is 1. The van der Waals surface area contributed by atoms with Gasteiger partial charge in [0.15, 0.2) is 12.0 Å². The molecule has 0 spiro atoms. The number of carbonyl (C=O) groups is 2. The summed E-state index contributed by atoms with van der Waals surface area (Å²) in [5, 5.41) is 66.7. The number of nitrogens with two attached hydrogens (primary N) is 3. The van der Waals surface area contributed by atoms with Crippen molar-refractivity contribution < 1.29 is 68.2 Å². The van der Waals surface area contributed by atoms with Crippen LogP contribution in [0.2, 0.25) is 0 Å². The number of rotatable bonds is 17. The lowest BCUT2D eigenvalue weighted by molar-refractivity contribution is -0.285. The molecule has 2 aliphatic rings. The van der Waals surface area contributed by atoms with Crippen LogP contribution >= 0.6 is 7.82 Å². The molecule has 2 fully saturated rings. The molecule has 1 aromatic rings. The number of aromatic nitrogens is 2. The van der Waals surface area contributed by atoms with Crippen LogP contribution in [-0.2, 0) is 32.7 Å². The number of nitrogen functional groups attached to an aromatic ring is 1. The maximum Gasteiger partial charge on any atom is 0.474 e. The van der Waals surface area contributed by atoms with Crippen LogP contribution in [0.25, 0.3) is 0 Å². The quantitative estimate of drug-likeness (QED) is 0.0525. The van der Waals surface area contributed by atoms with Gasteiger partial charge in [-0.15, -0.1) is 0 Å². The summed E-state index contributed by atoms with van der Waals surface area (Å²) in [4.78, 5) is 51.1. The van der Waals surface area contributed by atoms with Gasteiger partial charge in [0.2, 0.25) is 11.8 Å².